The molecule has 1 unspecified atom stereocenters. The summed E-state index contributed by atoms with van der Waals surface area (Å²) in [6.07, 6.45) is 3.89. The number of hydrogen-bond acceptors (Lipinski definition) is 6. The van der Waals surface area contributed by atoms with Gasteiger partial charge in [-0.2, -0.15) is 5.10 Å². The zero-order valence-corrected chi connectivity index (χ0v) is 25.3. The van der Waals surface area contributed by atoms with Gasteiger partial charge in [0.15, 0.2) is 5.65 Å². The van der Waals surface area contributed by atoms with Crippen LogP contribution in [0.15, 0.2) is 65.7 Å². The lowest BCUT2D eigenvalue weighted by Gasteiger charge is -2.26. The van der Waals surface area contributed by atoms with Gasteiger partial charge in [0.1, 0.15) is 5.75 Å². The number of allylic oxidation sites excluding steroid dienone is 1. The number of hydrogen-bond donors (Lipinski definition) is 1. The molecular weight excluding hydrogens is 570 g/mol. The molecule has 0 saturated carbocycles. The van der Waals surface area contributed by atoms with Gasteiger partial charge in [0.25, 0.3) is 0 Å². The fraction of sp³-hybridized carbons (Fsp3) is 0.344. The van der Waals surface area contributed by atoms with Crippen molar-refractivity contribution in [3.8, 4) is 28.3 Å². The van der Waals surface area contributed by atoms with E-state index in [2.05, 4.69) is 28.6 Å². The highest BCUT2D eigenvalue weighted by molar-refractivity contribution is 9.10. The number of benzene rings is 2. The van der Waals surface area contributed by atoms with E-state index >= 15 is 0 Å². The molecule has 1 N–H and O–H groups in total. The van der Waals surface area contributed by atoms with E-state index in [1.807, 2.05) is 60.0 Å². The Balaban J connectivity index is 0.000000681. The predicted molar refractivity (Wildman–Crippen MR) is 162 cm³/mol. The number of halogens is 1. The number of methoxy groups -OCH3 is 1. The van der Waals surface area contributed by atoms with Crippen LogP contribution in [0, 0.1) is 6.92 Å². The fourth-order valence-corrected chi connectivity index (χ4v) is 5.13. The molecule has 210 valence electrons. The molecular formula is C32H36BrN3O4. The number of ether oxygens (including phenoxy) is 2. The molecule has 1 atom stereocenters. The summed E-state index contributed by atoms with van der Waals surface area (Å²) in [5.41, 5.74) is 6.53. The van der Waals surface area contributed by atoms with Crippen molar-refractivity contribution in [1.82, 2.24) is 14.6 Å². The summed E-state index contributed by atoms with van der Waals surface area (Å²) in [7, 11) is 1.40. The Bertz CT molecular complexity index is 1530. The van der Waals surface area contributed by atoms with Crippen molar-refractivity contribution in [2.75, 3.05) is 13.7 Å². The number of esters is 1. The van der Waals surface area contributed by atoms with Gasteiger partial charge in [0.2, 0.25) is 0 Å². The number of aromatic nitrogens is 3. The summed E-state index contributed by atoms with van der Waals surface area (Å²) in [5.74, 6) is 0.924. The van der Waals surface area contributed by atoms with Gasteiger partial charge in [0.05, 0.1) is 37.1 Å². The zero-order chi connectivity index (χ0) is 29.0. The standard InChI is InChI=1S/C28H26BrN3O3.C4H10O/c1-4-6-18-11-12-35-25-10-9-20(14-23(18)25)28-22(15-27(33)34-3)17(2)30-26-16-24(31-32(26)28)19-7-5-8-21(29)13-19;1-4(2,3)5/h4-5,7-10,13-14,16,18H,1,6,11-12,15H2,2-3H3;5H,1-3H3. The number of rotatable bonds is 6. The van der Waals surface area contributed by atoms with Crippen molar-refractivity contribution >= 4 is 27.5 Å². The van der Waals surface area contributed by atoms with Crippen LogP contribution in [-0.4, -0.2) is 45.0 Å². The highest BCUT2D eigenvalue weighted by atomic mass is 79.9. The monoisotopic (exact) mass is 605 g/mol. The lowest BCUT2D eigenvalue weighted by molar-refractivity contribution is -0.139. The molecule has 0 spiro atoms. The second-order valence-electron chi connectivity index (χ2n) is 10.9. The van der Waals surface area contributed by atoms with Crippen LogP contribution >= 0.6 is 15.9 Å². The lowest BCUT2D eigenvalue weighted by Crippen LogP contribution is -2.15. The first-order chi connectivity index (χ1) is 19.0. The average molecular weight is 607 g/mol. The molecule has 3 heterocycles. The Labute approximate surface area is 244 Å². The van der Waals surface area contributed by atoms with Crippen LogP contribution in [0.5, 0.6) is 5.75 Å². The largest absolute Gasteiger partial charge is 0.493 e. The van der Waals surface area contributed by atoms with E-state index in [9.17, 15) is 4.79 Å². The van der Waals surface area contributed by atoms with Crippen molar-refractivity contribution < 1.29 is 19.4 Å². The van der Waals surface area contributed by atoms with Gasteiger partial charge in [-0.3, -0.25) is 4.79 Å². The maximum atomic E-state index is 12.4. The zero-order valence-electron chi connectivity index (χ0n) is 23.7. The van der Waals surface area contributed by atoms with Gasteiger partial charge >= 0.3 is 5.97 Å². The molecule has 0 fully saturated rings. The van der Waals surface area contributed by atoms with Crippen molar-refractivity contribution in [3.63, 3.8) is 0 Å². The van der Waals surface area contributed by atoms with E-state index in [1.165, 1.54) is 7.11 Å². The Morgan fingerprint density at radius 3 is 2.65 bits per heavy atom. The summed E-state index contributed by atoms with van der Waals surface area (Å²) < 4.78 is 13.8. The third-order valence-electron chi connectivity index (χ3n) is 6.47. The third-order valence-corrected chi connectivity index (χ3v) is 6.97. The summed E-state index contributed by atoms with van der Waals surface area (Å²) in [6.45, 7) is 11.8. The number of nitrogens with zero attached hydrogens (tertiary/aromatic N) is 3. The molecule has 0 aliphatic carbocycles. The van der Waals surface area contributed by atoms with Crippen LogP contribution in [0.1, 0.15) is 56.4 Å². The van der Waals surface area contributed by atoms with Crippen molar-refractivity contribution in [2.24, 2.45) is 0 Å². The predicted octanol–water partition coefficient (Wildman–Crippen LogP) is 7.07. The van der Waals surface area contributed by atoms with Crippen LogP contribution in [0.25, 0.3) is 28.2 Å². The second kappa shape index (κ2) is 12.4. The molecule has 40 heavy (non-hydrogen) atoms. The first-order valence-electron chi connectivity index (χ1n) is 13.3. The molecule has 1 aliphatic heterocycles. The average Bonchev–Trinajstić information content (AvgIpc) is 3.31. The molecule has 1 aliphatic rings. The maximum Gasteiger partial charge on any atom is 0.310 e. The quantitative estimate of drug-likeness (QED) is 0.187. The van der Waals surface area contributed by atoms with Crippen LogP contribution < -0.4 is 4.74 Å². The van der Waals surface area contributed by atoms with Gasteiger partial charge in [-0.25, -0.2) is 9.50 Å². The Hall–Kier alpha value is -3.49. The maximum absolute atomic E-state index is 12.4. The van der Waals surface area contributed by atoms with E-state index in [-0.39, 0.29) is 12.4 Å². The number of fused-ring (bicyclic) bond motifs is 2. The number of carbonyl (C=O) groups excluding carboxylic acids is 1. The molecule has 2 aromatic carbocycles. The summed E-state index contributed by atoms with van der Waals surface area (Å²) in [6, 6.07) is 16.2. The first kappa shape index (κ1) is 29.5. The molecule has 5 rings (SSSR count). The normalized spacial score (nSPS) is 14.5. The molecule has 0 bridgehead atoms. The SMILES string of the molecule is C=CCC1CCOc2ccc(-c3c(CC(=O)OC)c(C)nc4cc(-c5cccc(Br)c5)nn34)cc21.CC(C)(C)O. The van der Waals surface area contributed by atoms with E-state index in [4.69, 9.17) is 24.7 Å². The second-order valence-corrected chi connectivity index (χ2v) is 11.8. The minimum atomic E-state index is -0.500. The van der Waals surface area contributed by atoms with Gasteiger partial charge in [0, 0.05) is 32.9 Å². The Morgan fingerprint density at radius 1 is 1.23 bits per heavy atom. The van der Waals surface area contributed by atoms with Crippen LogP contribution in [0.4, 0.5) is 0 Å². The molecule has 0 amide bonds. The summed E-state index contributed by atoms with van der Waals surface area (Å²) in [4.78, 5) is 17.2. The van der Waals surface area contributed by atoms with Crippen molar-refractivity contribution in [3.05, 3.63) is 82.5 Å². The molecule has 8 heteroatoms. The molecule has 4 aromatic rings. The van der Waals surface area contributed by atoms with Gasteiger partial charge < -0.3 is 14.6 Å². The smallest absolute Gasteiger partial charge is 0.310 e. The molecule has 0 radical (unpaired) electrons. The van der Waals surface area contributed by atoms with Gasteiger partial charge in [-0.15, -0.1) is 6.58 Å². The molecule has 2 aromatic heterocycles. The van der Waals surface area contributed by atoms with E-state index in [1.54, 1.807) is 20.8 Å². The summed E-state index contributed by atoms with van der Waals surface area (Å²) >= 11 is 3.55. The highest BCUT2D eigenvalue weighted by Crippen LogP contribution is 2.40. The minimum absolute atomic E-state index is 0.107. The fourth-order valence-electron chi connectivity index (χ4n) is 4.73. The minimum Gasteiger partial charge on any atom is -0.493 e. The topological polar surface area (TPSA) is 86.0 Å². The summed E-state index contributed by atoms with van der Waals surface area (Å²) in [5, 5.41) is 13.5. The lowest BCUT2D eigenvalue weighted by atomic mass is 9.88. The Kier molecular flexibility index (Phi) is 9.11. The third kappa shape index (κ3) is 6.98. The van der Waals surface area contributed by atoms with E-state index < -0.39 is 5.60 Å². The molecule has 7 nitrogen and oxygen atoms in total. The number of carbonyl (C=O) groups is 1. The molecule has 0 saturated heterocycles. The van der Waals surface area contributed by atoms with Crippen LogP contribution in [0.3, 0.4) is 0 Å². The highest BCUT2D eigenvalue weighted by Gasteiger charge is 2.24. The number of aliphatic hydroxyl groups is 1. The number of aryl methyl sites for hydroxylation is 1. The van der Waals surface area contributed by atoms with Crippen LogP contribution in [-0.2, 0) is 16.0 Å². The first-order valence-corrected chi connectivity index (χ1v) is 14.1. The van der Waals surface area contributed by atoms with Gasteiger partial charge in [-0.05, 0) is 82.3 Å². The Morgan fingerprint density at radius 2 is 1.98 bits per heavy atom. The van der Waals surface area contributed by atoms with E-state index in [0.29, 0.717) is 12.5 Å². The van der Waals surface area contributed by atoms with Gasteiger partial charge in [-0.1, -0.05) is 34.1 Å². The van der Waals surface area contributed by atoms with E-state index in [0.717, 1.165) is 68.0 Å². The van der Waals surface area contributed by atoms with Crippen molar-refractivity contribution in [1.29, 1.82) is 0 Å². The van der Waals surface area contributed by atoms with Crippen molar-refractivity contribution in [2.45, 2.75) is 58.5 Å². The van der Waals surface area contributed by atoms with Crippen LogP contribution in [0.2, 0.25) is 0 Å².